The van der Waals surface area contributed by atoms with Crippen molar-refractivity contribution >= 4 is 0 Å². The second-order valence-corrected chi connectivity index (χ2v) is 6.19. The fourth-order valence-electron chi connectivity index (χ4n) is 2.88. The molecule has 106 valence electrons. The minimum atomic E-state index is -0.166. The predicted molar refractivity (Wildman–Crippen MR) is 77.6 cm³/mol. The van der Waals surface area contributed by atoms with Gasteiger partial charge in [-0.2, -0.15) is 0 Å². The molecule has 2 N–H and O–H groups in total. The lowest BCUT2D eigenvalue weighted by molar-refractivity contribution is 0.0729. The Morgan fingerprint density at radius 3 is 2.42 bits per heavy atom. The van der Waals surface area contributed by atoms with Gasteiger partial charge in [0.15, 0.2) is 0 Å². The SMILES string of the molecule is Cc1ccc(C(N)C(C)(C)N2CCCCC2)cc1F. The summed E-state index contributed by atoms with van der Waals surface area (Å²) in [6.45, 7) is 8.30. The zero-order valence-electron chi connectivity index (χ0n) is 12.2. The Hall–Kier alpha value is -0.930. The van der Waals surface area contributed by atoms with Gasteiger partial charge in [-0.25, -0.2) is 4.39 Å². The molecule has 1 aromatic carbocycles. The molecule has 1 aliphatic heterocycles. The van der Waals surface area contributed by atoms with Crippen molar-refractivity contribution in [1.29, 1.82) is 0 Å². The third-order valence-corrected chi connectivity index (χ3v) is 4.49. The largest absolute Gasteiger partial charge is 0.322 e. The van der Waals surface area contributed by atoms with Crippen LogP contribution in [0.3, 0.4) is 0 Å². The number of hydrogen-bond donors (Lipinski definition) is 1. The molecule has 0 bridgehead atoms. The fourth-order valence-corrected chi connectivity index (χ4v) is 2.88. The molecule has 3 heteroatoms. The van der Waals surface area contributed by atoms with E-state index in [4.69, 9.17) is 5.73 Å². The van der Waals surface area contributed by atoms with Gasteiger partial charge >= 0.3 is 0 Å². The highest BCUT2D eigenvalue weighted by atomic mass is 19.1. The number of piperidine rings is 1. The number of nitrogens with zero attached hydrogens (tertiary/aromatic N) is 1. The maximum Gasteiger partial charge on any atom is 0.126 e. The zero-order chi connectivity index (χ0) is 14.0. The molecule has 1 aliphatic rings. The van der Waals surface area contributed by atoms with E-state index >= 15 is 0 Å². The monoisotopic (exact) mass is 264 g/mol. The normalized spacial score (nSPS) is 19.4. The molecule has 1 atom stereocenters. The predicted octanol–water partition coefficient (Wildman–Crippen LogP) is 3.40. The second-order valence-electron chi connectivity index (χ2n) is 6.19. The van der Waals surface area contributed by atoms with Gasteiger partial charge in [-0.05, 0) is 63.9 Å². The molecular formula is C16H25FN2. The first-order chi connectivity index (χ1) is 8.93. The van der Waals surface area contributed by atoms with E-state index in [0.717, 1.165) is 18.7 Å². The van der Waals surface area contributed by atoms with Crippen molar-refractivity contribution in [3.8, 4) is 0 Å². The first-order valence-corrected chi connectivity index (χ1v) is 7.19. The third-order valence-electron chi connectivity index (χ3n) is 4.49. The molecule has 1 aromatic rings. The van der Waals surface area contributed by atoms with Crippen LogP contribution < -0.4 is 5.73 Å². The van der Waals surface area contributed by atoms with Gasteiger partial charge in [0.1, 0.15) is 5.82 Å². The van der Waals surface area contributed by atoms with E-state index in [1.165, 1.54) is 19.3 Å². The molecule has 2 rings (SSSR count). The molecular weight excluding hydrogens is 239 g/mol. The maximum atomic E-state index is 13.7. The van der Waals surface area contributed by atoms with Crippen molar-refractivity contribution in [1.82, 2.24) is 4.90 Å². The number of halogens is 1. The van der Waals surface area contributed by atoms with Crippen LogP contribution in [0.1, 0.15) is 50.3 Å². The van der Waals surface area contributed by atoms with E-state index in [1.807, 2.05) is 12.1 Å². The van der Waals surface area contributed by atoms with Crippen molar-refractivity contribution in [2.75, 3.05) is 13.1 Å². The number of hydrogen-bond acceptors (Lipinski definition) is 2. The topological polar surface area (TPSA) is 29.3 Å². The smallest absolute Gasteiger partial charge is 0.126 e. The van der Waals surface area contributed by atoms with Gasteiger partial charge in [0.2, 0.25) is 0 Å². The number of nitrogens with two attached hydrogens (primary N) is 1. The lowest BCUT2D eigenvalue weighted by Crippen LogP contribution is -2.53. The minimum Gasteiger partial charge on any atom is -0.322 e. The van der Waals surface area contributed by atoms with Gasteiger partial charge in [0.05, 0.1) is 0 Å². The molecule has 0 amide bonds. The van der Waals surface area contributed by atoms with Gasteiger partial charge in [-0.1, -0.05) is 18.6 Å². The number of benzene rings is 1. The molecule has 0 radical (unpaired) electrons. The highest BCUT2D eigenvalue weighted by molar-refractivity contribution is 5.27. The van der Waals surface area contributed by atoms with E-state index in [0.29, 0.717) is 5.56 Å². The lowest BCUT2D eigenvalue weighted by Gasteiger charge is -2.44. The highest BCUT2D eigenvalue weighted by Crippen LogP contribution is 2.31. The van der Waals surface area contributed by atoms with Crippen LogP contribution in [0.15, 0.2) is 18.2 Å². The summed E-state index contributed by atoms with van der Waals surface area (Å²) in [6.07, 6.45) is 3.78. The Bertz CT molecular complexity index is 436. The van der Waals surface area contributed by atoms with Gasteiger partial charge < -0.3 is 5.73 Å². The van der Waals surface area contributed by atoms with Crippen molar-refractivity contribution in [3.63, 3.8) is 0 Å². The molecule has 1 fully saturated rings. The van der Waals surface area contributed by atoms with E-state index < -0.39 is 0 Å². The number of rotatable bonds is 3. The first kappa shape index (κ1) is 14.5. The van der Waals surface area contributed by atoms with Crippen molar-refractivity contribution in [2.45, 2.75) is 51.6 Å². The van der Waals surface area contributed by atoms with E-state index in [2.05, 4.69) is 18.7 Å². The van der Waals surface area contributed by atoms with Gasteiger partial charge in [-0.15, -0.1) is 0 Å². The molecule has 0 aliphatic carbocycles. The summed E-state index contributed by atoms with van der Waals surface area (Å²) < 4.78 is 13.7. The third kappa shape index (κ3) is 2.98. The van der Waals surface area contributed by atoms with Crippen LogP contribution in [0.2, 0.25) is 0 Å². The van der Waals surface area contributed by atoms with E-state index in [1.54, 1.807) is 13.0 Å². The maximum absolute atomic E-state index is 13.7. The Morgan fingerprint density at radius 2 is 1.84 bits per heavy atom. The van der Waals surface area contributed by atoms with Crippen LogP contribution >= 0.6 is 0 Å². The molecule has 2 nitrogen and oxygen atoms in total. The van der Waals surface area contributed by atoms with Crippen LogP contribution in [-0.2, 0) is 0 Å². The zero-order valence-corrected chi connectivity index (χ0v) is 12.2. The summed E-state index contributed by atoms with van der Waals surface area (Å²) in [5.74, 6) is -0.164. The molecule has 0 saturated carbocycles. The van der Waals surface area contributed by atoms with Gasteiger partial charge in [0, 0.05) is 11.6 Å². The van der Waals surface area contributed by atoms with Crippen LogP contribution in [0.25, 0.3) is 0 Å². The van der Waals surface area contributed by atoms with Crippen molar-refractivity contribution in [3.05, 3.63) is 35.1 Å². The van der Waals surface area contributed by atoms with E-state index in [-0.39, 0.29) is 17.4 Å². The number of likely N-dealkylation sites (tertiary alicyclic amines) is 1. The molecule has 0 aromatic heterocycles. The van der Waals surface area contributed by atoms with Crippen LogP contribution in [-0.4, -0.2) is 23.5 Å². The summed E-state index contributed by atoms with van der Waals surface area (Å²) in [5.41, 5.74) is 7.84. The molecule has 1 unspecified atom stereocenters. The summed E-state index contributed by atoms with van der Waals surface area (Å²) in [6, 6.07) is 5.19. The minimum absolute atomic E-state index is 0.137. The van der Waals surface area contributed by atoms with Gasteiger partial charge in [-0.3, -0.25) is 4.90 Å². The Morgan fingerprint density at radius 1 is 1.21 bits per heavy atom. The standard InChI is InChI=1S/C16H25FN2/c1-12-7-8-13(11-14(12)17)15(18)16(2,3)19-9-5-4-6-10-19/h7-8,11,15H,4-6,9-10,18H2,1-3H3. The molecule has 1 heterocycles. The van der Waals surface area contributed by atoms with Crippen molar-refractivity contribution in [2.24, 2.45) is 5.73 Å². The average molecular weight is 264 g/mol. The molecule has 1 saturated heterocycles. The molecule has 0 spiro atoms. The quantitative estimate of drug-likeness (QED) is 0.906. The fraction of sp³-hybridized carbons (Fsp3) is 0.625. The average Bonchev–Trinajstić information content (AvgIpc) is 2.42. The van der Waals surface area contributed by atoms with Crippen LogP contribution in [0, 0.1) is 12.7 Å². The Balaban J connectivity index is 2.20. The summed E-state index contributed by atoms with van der Waals surface area (Å²) in [7, 11) is 0. The summed E-state index contributed by atoms with van der Waals surface area (Å²) in [5, 5.41) is 0. The Labute approximate surface area is 115 Å². The summed E-state index contributed by atoms with van der Waals surface area (Å²) in [4.78, 5) is 2.44. The Kier molecular flexibility index (Phi) is 4.26. The molecule has 19 heavy (non-hydrogen) atoms. The lowest BCUT2D eigenvalue weighted by atomic mass is 9.86. The highest BCUT2D eigenvalue weighted by Gasteiger charge is 2.34. The van der Waals surface area contributed by atoms with Crippen LogP contribution in [0.5, 0.6) is 0 Å². The summed E-state index contributed by atoms with van der Waals surface area (Å²) >= 11 is 0. The first-order valence-electron chi connectivity index (χ1n) is 7.19. The van der Waals surface area contributed by atoms with E-state index in [9.17, 15) is 4.39 Å². The second kappa shape index (κ2) is 5.59. The van der Waals surface area contributed by atoms with Crippen LogP contribution in [0.4, 0.5) is 4.39 Å². The van der Waals surface area contributed by atoms with Gasteiger partial charge in [0.25, 0.3) is 0 Å². The number of aryl methyl sites for hydroxylation is 1. The van der Waals surface area contributed by atoms with Crippen molar-refractivity contribution < 1.29 is 4.39 Å².